The van der Waals surface area contributed by atoms with Crippen LogP contribution in [0.5, 0.6) is 5.75 Å². The summed E-state index contributed by atoms with van der Waals surface area (Å²) in [6.07, 6.45) is 0. The molecule has 2 aromatic rings. The van der Waals surface area contributed by atoms with Gasteiger partial charge in [0.05, 0.1) is 7.11 Å². The van der Waals surface area contributed by atoms with Crippen LogP contribution in [-0.2, 0) is 16.1 Å². The van der Waals surface area contributed by atoms with Crippen LogP contribution in [0.15, 0.2) is 42.5 Å². The van der Waals surface area contributed by atoms with E-state index in [4.69, 9.17) is 21.1 Å². The summed E-state index contributed by atoms with van der Waals surface area (Å²) >= 11 is 5.96. The van der Waals surface area contributed by atoms with Crippen LogP contribution in [0.3, 0.4) is 0 Å². The molecule has 6 nitrogen and oxygen atoms in total. The van der Waals surface area contributed by atoms with Crippen LogP contribution >= 0.6 is 11.6 Å². The highest BCUT2D eigenvalue weighted by atomic mass is 35.5. The summed E-state index contributed by atoms with van der Waals surface area (Å²) in [6.45, 7) is 5.79. The zero-order chi connectivity index (χ0) is 22.5. The molecule has 1 aliphatic heterocycles. The normalized spacial score (nSPS) is 19.2. The van der Waals surface area contributed by atoms with E-state index >= 15 is 0 Å². The lowest BCUT2D eigenvalue weighted by atomic mass is 10.1. The number of halogens is 2. The largest absolute Gasteiger partial charge is 0.483 e. The maximum Gasteiger partial charge on any atom is 0.341 e. The molecule has 2 aromatic carbocycles. The summed E-state index contributed by atoms with van der Waals surface area (Å²) in [5.74, 6) is -0.746. The van der Waals surface area contributed by atoms with Gasteiger partial charge in [-0.3, -0.25) is 9.69 Å². The molecule has 0 aliphatic carbocycles. The fourth-order valence-electron chi connectivity index (χ4n) is 3.71. The molecule has 0 saturated carbocycles. The van der Waals surface area contributed by atoms with Crippen LogP contribution in [0.25, 0.3) is 0 Å². The molecule has 166 valence electrons. The topological polar surface area (TPSA) is 59.1 Å². The molecule has 1 amide bonds. The number of esters is 1. The fraction of sp³-hybridized carbons (Fsp3) is 0.391. The highest BCUT2D eigenvalue weighted by Crippen LogP contribution is 2.24. The number of nitrogens with zero attached hydrogens (tertiary/aromatic N) is 2. The van der Waals surface area contributed by atoms with E-state index in [2.05, 4.69) is 11.8 Å². The number of piperazine rings is 1. The van der Waals surface area contributed by atoms with Crippen molar-refractivity contribution in [1.82, 2.24) is 9.80 Å². The number of benzene rings is 2. The Hall–Kier alpha value is -2.64. The quantitative estimate of drug-likeness (QED) is 0.630. The predicted molar refractivity (Wildman–Crippen MR) is 116 cm³/mol. The third-order valence-electron chi connectivity index (χ3n) is 5.43. The highest BCUT2D eigenvalue weighted by Gasteiger charge is 2.32. The van der Waals surface area contributed by atoms with Gasteiger partial charge in [-0.25, -0.2) is 9.18 Å². The SMILES string of the molecule is COC(=O)c1cc(Cl)ccc1OCC(=O)N1C[C@H](C)N(Cc2ccc(F)cc2)C[C@@H]1C. The van der Waals surface area contributed by atoms with Crippen molar-refractivity contribution < 1.29 is 23.5 Å². The Labute approximate surface area is 186 Å². The second-order valence-electron chi connectivity index (χ2n) is 7.72. The maximum absolute atomic E-state index is 13.1. The van der Waals surface area contributed by atoms with E-state index in [0.29, 0.717) is 24.7 Å². The molecular weight excluding hydrogens is 423 g/mol. The molecule has 0 unspecified atom stereocenters. The molecule has 0 aromatic heterocycles. The van der Waals surface area contributed by atoms with Crippen LogP contribution in [0.4, 0.5) is 4.39 Å². The molecule has 1 saturated heterocycles. The Bertz CT molecular complexity index is 938. The van der Waals surface area contributed by atoms with Gasteiger partial charge in [0.2, 0.25) is 0 Å². The molecule has 2 atom stereocenters. The van der Waals surface area contributed by atoms with E-state index in [1.165, 1.54) is 25.3 Å². The number of methoxy groups -OCH3 is 1. The molecule has 8 heteroatoms. The Morgan fingerprint density at radius 1 is 1.10 bits per heavy atom. The summed E-state index contributed by atoms with van der Waals surface area (Å²) in [4.78, 5) is 28.9. The van der Waals surface area contributed by atoms with E-state index in [9.17, 15) is 14.0 Å². The number of carbonyl (C=O) groups is 2. The van der Waals surface area contributed by atoms with Gasteiger partial charge in [0, 0.05) is 36.7 Å². The van der Waals surface area contributed by atoms with Crippen LogP contribution in [-0.4, -0.2) is 60.6 Å². The van der Waals surface area contributed by atoms with E-state index < -0.39 is 5.97 Å². The van der Waals surface area contributed by atoms with Crippen molar-refractivity contribution in [1.29, 1.82) is 0 Å². The predicted octanol–water partition coefficient (Wildman–Crippen LogP) is 3.77. The van der Waals surface area contributed by atoms with Gasteiger partial charge in [-0.2, -0.15) is 0 Å². The first-order chi connectivity index (χ1) is 14.8. The van der Waals surface area contributed by atoms with Crippen molar-refractivity contribution in [3.63, 3.8) is 0 Å². The van der Waals surface area contributed by atoms with Gasteiger partial charge in [0.15, 0.2) is 6.61 Å². The van der Waals surface area contributed by atoms with Gasteiger partial charge in [0.1, 0.15) is 17.1 Å². The zero-order valence-corrected chi connectivity index (χ0v) is 18.6. The lowest BCUT2D eigenvalue weighted by molar-refractivity contribution is -0.139. The molecule has 1 aliphatic rings. The summed E-state index contributed by atoms with van der Waals surface area (Å²) in [5.41, 5.74) is 1.20. The van der Waals surface area contributed by atoms with Crippen molar-refractivity contribution >= 4 is 23.5 Å². The molecule has 0 radical (unpaired) electrons. The molecule has 0 spiro atoms. The summed E-state index contributed by atoms with van der Waals surface area (Å²) < 4.78 is 23.5. The van der Waals surface area contributed by atoms with Crippen molar-refractivity contribution in [3.8, 4) is 5.75 Å². The molecule has 1 fully saturated rings. The number of amides is 1. The minimum Gasteiger partial charge on any atom is -0.483 e. The average Bonchev–Trinajstić information content (AvgIpc) is 2.75. The third-order valence-corrected chi connectivity index (χ3v) is 5.67. The Morgan fingerprint density at radius 3 is 2.48 bits per heavy atom. The first-order valence-corrected chi connectivity index (χ1v) is 10.4. The number of rotatable bonds is 6. The van der Waals surface area contributed by atoms with Crippen molar-refractivity contribution in [2.24, 2.45) is 0 Å². The smallest absolute Gasteiger partial charge is 0.341 e. The standard InChI is InChI=1S/C23H26ClFN2O4/c1-15-12-27(16(2)11-26(15)13-17-4-7-19(25)8-5-17)22(28)14-31-21-9-6-18(24)10-20(21)23(29)30-3/h4-10,15-16H,11-14H2,1-3H3/t15-,16-/m0/s1. The van der Waals surface area contributed by atoms with Crippen LogP contribution in [0.1, 0.15) is 29.8 Å². The molecule has 1 heterocycles. The van der Waals surface area contributed by atoms with Crippen LogP contribution in [0, 0.1) is 5.82 Å². The molecule has 0 N–H and O–H groups in total. The lowest BCUT2D eigenvalue weighted by Crippen LogP contribution is -2.58. The van der Waals surface area contributed by atoms with E-state index in [1.54, 1.807) is 29.2 Å². The summed E-state index contributed by atoms with van der Waals surface area (Å²) in [7, 11) is 1.27. The third kappa shape index (κ3) is 5.74. The van der Waals surface area contributed by atoms with Gasteiger partial charge in [0.25, 0.3) is 5.91 Å². The molecule has 0 bridgehead atoms. The minimum atomic E-state index is -0.582. The van der Waals surface area contributed by atoms with Crippen molar-refractivity contribution in [2.45, 2.75) is 32.5 Å². The number of hydrogen-bond acceptors (Lipinski definition) is 5. The summed E-state index contributed by atoms with van der Waals surface area (Å²) in [6, 6.07) is 11.2. The second-order valence-corrected chi connectivity index (χ2v) is 8.16. The first-order valence-electron chi connectivity index (χ1n) is 10.1. The van der Waals surface area contributed by atoms with Crippen molar-refractivity contribution in [2.75, 3.05) is 26.8 Å². The van der Waals surface area contributed by atoms with Crippen LogP contribution < -0.4 is 4.74 Å². The summed E-state index contributed by atoms with van der Waals surface area (Å²) in [5, 5.41) is 0.374. The van der Waals surface area contributed by atoms with Gasteiger partial charge < -0.3 is 14.4 Å². The van der Waals surface area contributed by atoms with Gasteiger partial charge in [-0.1, -0.05) is 23.7 Å². The van der Waals surface area contributed by atoms with Crippen molar-refractivity contribution in [3.05, 3.63) is 64.4 Å². The minimum absolute atomic E-state index is 0.0157. The monoisotopic (exact) mass is 448 g/mol. The Kier molecular flexibility index (Phi) is 7.51. The van der Waals surface area contributed by atoms with E-state index in [-0.39, 0.29) is 41.7 Å². The molecule has 3 rings (SSSR count). The van der Waals surface area contributed by atoms with E-state index in [0.717, 1.165) is 5.56 Å². The first kappa shape index (κ1) is 23.0. The van der Waals surface area contributed by atoms with Gasteiger partial charge in [-0.05, 0) is 49.7 Å². The molecular formula is C23H26ClFN2O4. The van der Waals surface area contributed by atoms with E-state index in [1.807, 2.05) is 6.92 Å². The Balaban J connectivity index is 1.61. The number of carbonyl (C=O) groups excluding carboxylic acids is 2. The molecule has 31 heavy (non-hydrogen) atoms. The average molecular weight is 449 g/mol. The lowest BCUT2D eigenvalue weighted by Gasteiger charge is -2.44. The number of hydrogen-bond donors (Lipinski definition) is 0. The number of ether oxygens (including phenoxy) is 2. The fourth-order valence-corrected chi connectivity index (χ4v) is 3.88. The van der Waals surface area contributed by atoms with Crippen LogP contribution in [0.2, 0.25) is 5.02 Å². The maximum atomic E-state index is 13.1. The van der Waals surface area contributed by atoms with Gasteiger partial charge in [-0.15, -0.1) is 0 Å². The second kappa shape index (κ2) is 10.1. The Morgan fingerprint density at radius 2 is 1.81 bits per heavy atom. The van der Waals surface area contributed by atoms with Gasteiger partial charge >= 0.3 is 5.97 Å². The zero-order valence-electron chi connectivity index (χ0n) is 17.8. The highest BCUT2D eigenvalue weighted by molar-refractivity contribution is 6.31.